The summed E-state index contributed by atoms with van der Waals surface area (Å²) in [6, 6.07) is 12.1. The van der Waals surface area contributed by atoms with E-state index in [-0.39, 0.29) is 12.3 Å². The van der Waals surface area contributed by atoms with Crippen molar-refractivity contribution in [2.75, 3.05) is 6.61 Å². The highest BCUT2D eigenvalue weighted by Gasteiger charge is 2.20. The number of hydrogen-bond donors (Lipinski definition) is 1. The van der Waals surface area contributed by atoms with Crippen molar-refractivity contribution in [3.8, 4) is 23.1 Å². The minimum atomic E-state index is -2.60. The SMILES string of the molecule is OCC1CCc2nc(-c3ccc(C#Cc4cccc(C(F)F)n4)cc3)cn2C1. The van der Waals surface area contributed by atoms with Crippen molar-refractivity contribution in [2.24, 2.45) is 5.92 Å². The Morgan fingerprint density at radius 1 is 1.11 bits per heavy atom. The quantitative estimate of drug-likeness (QED) is 0.704. The Kier molecular flexibility index (Phi) is 5.18. The van der Waals surface area contributed by atoms with Gasteiger partial charge in [0.1, 0.15) is 17.2 Å². The first-order valence-corrected chi connectivity index (χ1v) is 9.17. The monoisotopic (exact) mass is 379 g/mol. The van der Waals surface area contributed by atoms with E-state index in [9.17, 15) is 13.9 Å². The molecule has 3 aromatic rings. The second kappa shape index (κ2) is 7.91. The topological polar surface area (TPSA) is 50.9 Å². The van der Waals surface area contributed by atoms with Gasteiger partial charge in [-0.15, -0.1) is 0 Å². The van der Waals surface area contributed by atoms with Gasteiger partial charge in [0.15, 0.2) is 0 Å². The third-order valence-electron chi connectivity index (χ3n) is 4.86. The van der Waals surface area contributed by atoms with E-state index in [1.54, 1.807) is 6.07 Å². The molecule has 1 aromatic carbocycles. The first-order chi connectivity index (χ1) is 13.6. The molecule has 0 spiro atoms. The van der Waals surface area contributed by atoms with Gasteiger partial charge < -0.3 is 9.67 Å². The van der Waals surface area contributed by atoms with Crippen LogP contribution in [0.25, 0.3) is 11.3 Å². The summed E-state index contributed by atoms with van der Waals surface area (Å²) in [6.07, 6.45) is 1.26. The number of rotatable bonds is 3. The lowest BCUT2D eigenvalue weighted by atomic mass is 10.0. The molecule has 1 N–H and O–H groups in total. The van der Waals surface area contributed by atoms with E-state index in [1.807, 2.05) is 30.5 Å². The Labute approximate surface area is 161 Å². The van der Waals surface area contributed by atoms with Crippen molar-refractivity contribution < 1.29 is 13.9 Å². The molecule has 6 heteroatoms. The Morgan fingerprint density at radius 2 is 1.93 bits per heavy atom. The number of imidazole rings is 1. The van der Waals surface area contributed by atoms with Crippen LogP contribution in [0.5, 0.6) is 0 Å². The number of fused-ring (bicyclic) bond motifs is 1. The fourth-order valence-corrected chi connectivity index (χ4v) is 3.31. The molecule has 142 valence electrons. The molecule has 0 fully saturated rings. The highest BCUT2D eigenvalue weighted by atomic mass is 19.3. The van der Waals surface area contributed by atoms with Gasteiger partial charge in [-0.3, -0.25) is 0 Å². The summed E-state index contributed by atoms with van der Waals surface area (Å²) in [5.74, 6) is 7.13. The van der Waals surface area contributed by atoms with Crippen LogP contribution in [0.1, 0.15) is 35.6 Å². The maximum Gasteiger partial charge on any atom is 0.280 e. The van der Waals surface area contributed by atoms with Crippen LogP contribution in [-0.4, -0.2) is 26.2 Å². The number of aryl methyl sites for hydroxylation is 1. The van der Waals surface area contributed by atoms with E-state index in [0.717, 1.165) is 42.0 Å². The molecular formula is C22H19F2N3O. The molecule has 0 radical (unpaired) electrons. The summed E-state index contributed by atoms with van der Waals surface area (Å²) in [6.45, 7) is 1.00. The van der Waals surface area contributed by atoms with E-state index in [2.05, 4.69) is 21.4 Å². The first kappa shape index (κ1) is 18.3. The maximum atomic E-state index is 12.7. The minimum absolute atomic E-state index is 0.204. The predicted molar refractivity (Wildman–Crippen MR) is 102 cm³/mol. The van der Waals surface area contributed by atoms with E-state index in [0.29, 0.717) is 11.6 Å². The van der Waals surface area contributed by atoms with E-state index < -0.39 is 6.43 Å². The molecule has 1 aliphatic rings. The highest BCUT2D eigenvalue weighted by Crippen LogP contribution is 2.25. The highest BCUT2D eigenvalue weighted by molar-refractivity contribution is 5.60. The van der Waals surface area contributed by atoms with Crippen LogP contribution in [-0.2, 0) is 13.0 Å². The Bertz CT molecular complexity index is 1030. The zero-order chi connectivity index (χ0) is 19.5. The van der Waals surface area contributed by atoms with Crippen LogP contribution >= 0.6 is 0 Å². The number of benzene rings is 1. The average molecular weight is 379 g/mol. The van der Waals surface area contributed by atoms with E-state index in [1.165, 1.54) is 12.1 Å². The molecule has 2 aromatic heterocycles. The Balaban J connectivity index is 1.51. The number of nitrogens with zero attached hydrogens (tertiary/aromatic N) is 3. The summed E-state index contributed by atoms with van der Waals surface area (Å²) in [7, 11) is 0. The smallest absolute Gasteiger partial charge is 0.280 e. The second-order valence-electron chi connectivity index (χ2n) is 6.86. The molecule has 0 aliphatic carbocycles. The van der Waals surface area contributed by atoms with Crippen LogP contribution in [0.3, 0.4) is 0 Å². The number of hydrogen-bond acceptors (Lipinski definition) is 3. The largest absolute Gasteiger partial charge is 0.396 e. The second-order valence-corrected chi connectivity index (χ2v) is 6.86. The number of halogens is 2. The van der Waals surface area contributed by atoms with Crippen molar-refractivity contribution in [1.29, 1.82) is 0 Å². The van der Waals surface area contributed by atoms with Gasteiger partial charge in [0.05, 0.1) is 5.69 Å². The Morgan fingerprint density at radius 3 is 2.68 bits per heavy atom. The molecule has 1 aliphatic heterocycles. The standard InChI is InChI=1S/C22H19F2N3O/c23-22(24)19-3-1-2-18(25-19)10-6-15-4-8-17(9-5-15)20-13-27-12-16(14-28)7-11-21(27)26-20/h1-5,8-9,13,16,22,28H,7,11-12,14H2. The molecule has 4 rings (SSSR count). The van der Waals surface area contributed by atoms with Gasteiger partial charge in [-0.05, 0) is 36.6 Å². The third-order valence-corrected chi connectivity index (χ3v) is 4.86. The summed E-state index contributed by atoms with van der Waals surface area (Å²) >= 11 is 0. The van der Waals surface area contributed by atoms with Gasteiger partial charge in [0.2, 0.25) is 0 Å². The van der Waals surface area contributed by atoms with Crippen LogP contribution < -0.4 is 0 Å². The molecule has 0 saturated heterocycles. The third kappa shape index (κ3) is 3.95. The zero-order valence-electron chi connectivity index (χ0n) is 15.1. The summed E-state index contributed by atoms with van der Waals surface area (Å²) < 4.78 is 27.5. The number of alkyl halides is 2. The molecule has 0 saturated carbocycles. The molecule has 4 nitrogen and oxygen atoms in total. The van der Waals surface area contributed by atoms with Crippen molar-refractivity contribution in [2.45, 2.75) is 25.8 Å². The lowest BCUT2D eigenvalue weighted by Gasteiger charge is -2.21. The summed E-state index contributed by atoms with van der Waals surface area (Å²) in [5, 5.41) is 9.36. The van der Waals surface area contributed by atoms with Crippen LogP contribution in [0.15, 0.2) is 48.7 Å². The summed E-state index contributed by atoms with van der Waals surface area (Å²) in [4.78, 5) is 8.55. The van der Waals surface area contributed by atoms with Crippen molar-refractivity contribution >= 4 is 0 Å². The van der Waals surface area contributed by atoms with Crippen molar-refractivity contribution in [3.63, 3.8) is 0 Å². The Hall–Kier alpha value is -3.04. The summed E-state index contributed by atoms with van der Waals surface area (Å²) in [5.41, 5.74) is 2.72. The van der Waals surface area contributed by atoms with Crippen LogP contribution in [0, 0.1) is 17.8 Å². The van der Waals surface area contributed by atoms with E-state index >= 15 is 0 Å². The fraction of sp³-hybridized carbons (Fsp3) is 0.273. The molecule has 3 heterocycles. The van der Waals surface area contributed by atoms with E-state index in [4.69, 9.17) is 4.98 Å². The van der Waals surface area contributed by atoms with Crippen LogP contribution in [0.2, 0.25) is 0 Å². The molecule has 28 heavy (non-hydrogen) atoms. The number of aliphatic hydroxyl groups is 1. The first-order valence-electron chi connectivity index (χ1n) is 9.17. The molecule has 0 bridgehead atoms. The fourth-order valence-electron chi connectivity index (χ4n) is 3.31. The molecule has 0 amide bonds. The minimum Gasteiger partial charge on any atom is -0.396 e. The lowest BCUT2D eigenvalue weighted by molar-refractivity contribution is 0.146. The van der Waals surface area contributed by atoms with Gasteiger partial charge >= 0.3 is 0 Å². The molecule has 1 atom stereocenters. The van der Waals surface area contributed by atoms with Gasteiger partial charge in [-0.1, -0.05) is 24.1 Å². The average Bonchev–Trinajstić information content (AvgIpc) is 3.16. The zero-order valence-corrected chi connectivity index (χ0v) is 15.1. The number of pyridine rings is 1. The lowest BCUT2D eigenvalue weighted by Crippen LogP contribution is -2.22. The number of aromatic nitrogens is 3. The van der Waals surface area contributed by atoms with Gasteiger partial charge in [0.25, 0.3) is 6.43 Å². The number of aliphatic hydroxyl groups excluding tert-OH is 1. The van der Waals surface area contributed by atoms with Gasteiger partial charge in [-0.2, -0.15) is 0 Å². The van der Waals surface area contributed by atoms with Gasteiger partial charge in [-0.25, -0.2) is 18.7 Å². The van der Waals surface area contributed by atoms with Crippen molar-refractivity contribution in [3.05, 3.63) is 71.4 Å². The normalized spacial score (nSPS) is 15.8. The van der Waals surface area contributed by atoms with Gasteiger partial charge in [0, 0.05) is 42.8 Å². The molecule has 1 unspecified atom stereocenters. The predicted octanol–water partition coefficient (Wildman–Crippen LogP) is 3.84. The van der Waals surface area contributed by atoms with Crippen LogP contribution in [0.4, 0.5) is 8.78 Å². The molecular weight excluding hydrogens is 360 g/mol. The van der Waals surface area contributed by atoms with Crippen molar-refractivity contribution in [1.82, 2.24) is 14.5 Å². The maximum absolute atomic E-state index is 12.7.